The second kappa shape index (κ2) is 7.85. The van der Waals surface area contributed by atoms with Crippen molar-refractivity contribution in [2.24, 2.45) is 0 Å². The number of benzene rings is 1. The fourth-order valence-corrected chi connectivity index (χ4v) is 1.91. The standard InChI is InChI=1S/C17H26N2O4/c1-11(2)18-15(21)14(19-16(22)23-17(3,4)5)10-12-6-8-13(20)9-7-12/h6-9,11,14,20H,10H2,1-5H3,(H,18,21)(H,19,22)/t14-/m0/s1. The minimum Gasteiger partial charge on any atom is -0.508 e. The molecular formula is C17H26N2O4. The molecule has 128 valence electrons. The number of nitrogens with one attached hydrogen (secondary N) is 2. The Morgan fingerprint density at radius 1 is 1.13 bits per heavy atom. The number of hydrogen-bond donors (Lipinski definition) is 3. The molecule has 23 heavy (non-hydrogen) atoms. The second-order valence-corrected chi connectivity index (χ2v) is 6.73. The first-order valence-corrected chi connectivity index (χ1v) is 7.64. The molecule has 0 aromatic heterocycles. The van der Waals surface area contributed by atoms with Gasteiger partial charge in [-0.15, -0.1) is 0 Å². The van der Waals surface area contributed by atoms with E-state index in [0.29, 0.717) is 6.42 Å². The molecule has 0 saturated heterocycles. The smallest absolute Gasteiger partial charge is 0.408 e. The topological polar surface area (TPSA) is 87.7 Å². The van der Waals surface area contributed by atoms with E-state index in [1.165, 1.54) is 0 Å². The average Bonchev–Trinajstić information content (AvgIpc) is 2.37. The van der Waals surface area contributed by atoms with E-state index in [1.54, 1.807) is 45.0 Å². The minimum absolute atomic E-state index is 0.0368. The van der Waals surface area contributed by atoms with Gasteiger partial charge >= 0.3 is 6.09 Å². The van der Waals surface area contributed by atoms with Crippen molar-refractivity contribution in [2.45, 2.75) is 58.7 Å². The number of phenolic OH excluding ortho intramolecular Hbond substituents is 1. The van der Waals surface area contributed by atoms with Gasteiger partial charge < -0.3 is 20.5 Å². The normalized spacial score (nSPS) is 12.6. The molecule has 0 radical (unpaired) electrons. The summed E-state index contributed by atoms with van der Waals surface area (Å²) in [5, 5.41) is 14.7. The molecular weight excluding hydrogens is 296 g/mol. The van der Waals surface area contributed by atoms with Crippen molar-refractivity contribution in [2.75, 3.05) is 0 Å². The molecule has 0 aliphatic rings. The van der Waals surface area contributed by atoms with Gasteiger partial charge in [-0.05, 0) is 52.3 Å². The van der Waals surface area contributed by atoms with Crippen LogP contribution in [0.3, 0.4) is 0 Å². The number of amides is 2. The molecule has 0 heterocycles. The van der Waals surface area contributed by atoms with Gasteiger partial charge in [0.25, 0.3) is 0 Å². The predicted molar refractivity (Wildman–Crippen MR) is 88.2 cm³/mol. The van der Waals surface area contributed by atoms with Gasteiger partial charge in [0.2, 0.25) is 5.91 Å². The zero-order valence-electron chi connectivity index (χ0n) is 14.3. The molecule has 1 aromatic carbocycles. The van der Waals surface area contributed by atoms with E-state index in [2.05, 4.69) is 10.6 Å². The number of ether oxygens (including phenoxy) is 1. The average molecular weight is 322 g/mol. The molecule has 6 heteroatoms. The number of alkyl carbamates (subject to hydrolysis) is 1. The Morgan fingerprint density at radius 3 is 2.17 bits per heavy atom. The van der Waals surface area contributed by atoms with Gasteiger partial charge in [-0.25, -0.2) is 4.79 Å². The number of carbonyl (C=O) groups excluding carboxylic acids is 2. The summed E-state index contributed by atoms with van der Waals surface area (Å²) in [6.07, 6.45) is -0.335. The van der Waals surface area contributed by atoms with Crippen LogP contribution in [0.2, 0.25) is 0 Å². The number of aromatic hydroxyl groups is 1. The summed E-state index contributed by atoms with van der Waals surface area (Å²) in [5.74, 6) is -0.129. The third kappa shape index (κ3) is 7.54. The molecule has 0 unspecified atom stereocenters. The van der Waals surface area contributed by atoms with Crippen LogP contribution in [0, 0.1) is 0 Å². The summed E-state index contributed by atoms with van der Waals surface area (Å²) in [7, 11) is 0. The predicted octanol–water partition coefficient (Wildman–Crippen LogP) is 2.35. The first-order valence-electron chi connectivity index (χ1n) is 7.64. The van der Waals surface area contributed by atoms with Crippen LogP contribution in [0.1, 0.15) is 40.2 Å². The highest BCUT2D eigenvalue weighted by Crippen LogP contribution is 2.12. The van der Waals surface area contributed by atoms with E-state index >= 15 is 0 Å². The number of carbonyl (C=O) groups is 2. The monoisotopic (exact) mass is 322 g/mol. The third-order valence-corrected chi connectivity index (χ3v) is 2.81. The van der Waals surface area contributed by atoms with Gasteiger partial charge in [0, 0.05) is 12.5 Å². The quantitative estimate of drug-likeness (QED) is 0.776. The van der Waals surface area contributed by atoms with Crippen molar-refractivity contribution in [3.8, 4) is 5.75 Å². The van der Waals surface area contributed by atoms with Crippen LogP contribution in [-0.2, 0) is 16.0 Å². The maximum atomic E-state index is 12.3. The van der Waals surface area contributed by atoms with Gasteiger partial charge in [0.15, 0.2) is 0 Å². The highest BCUT2D eigenvalue weighted by Gasteiger charge is 2.25. The molecule has 0 saturated carbocycles. The van der Waals surface area contributed by atoms with Crippen molar-refractivity contribution in [1.29, 1.82) is 0 Å². The highest BCUT2D eigenvalue weighted by molar-refractivity contribution is 5.86. The molecule has 3 N–H and O–H groups in total. The summed E-state index contributed by atoms with van der Waals surface area (Å²) in [5.41, 5.74) is 0.185. The minimum atomic E-state index is -0.753. The van der Waals surface area contributed by atoms with Crippen LogP contribution in [-0.4, -0.2) is 34.8 Å². The maximum Gasteiger partial charge on any atom is 0.408 e. The first kappa shape index (κ1) is 18.8. The third-order valence-electron chi connectivity index (χ3n) is 2.81. The van der Waals surface area contributed by atoms with Crippen molar-refractivity contribution >= 4 is 12.0 Å². The lowest BCUT2D eigenvalue weighted by Crippen LogP contribution is -2.50. The van der Waals surface area contributed by atoms with Gasteiger partial charge in [-0.2, -0.15) is 0 Å². The molecule has 0 fully saturated rings. The highest BCUT2D eigenvalue weighted by atomic mass is 16.6. The Bertz CT molecular complexity index is 533. The van der Waals surface area contributed by atoms with Crippen molar-refractivity contribution in [1.82, 2.24) is 10.6 Å². The summed E-state index contributed by atoms with van der Waals surface area (Å²) in [6, 6.07) is 5.71. The summed E-state index contributed by atoms with van der Waals surface area (Å²) < 4.78 is 5.21. The number of rotatable bonds is 5. The van der Waals surface area contributed by atoms with E-state index in [4.69, 9.17) is 4.74 Å². The summed E-state index contributed by atoms with van der Waals surface area (Å²) >= 11 is 0. The zero-order chi connectivity index (χ0) is 17.6. The lowest BCUT2D eigenvalue weighted by atomic mass is 10.0. The summed E-state index contributed by atoms with van der Waals surface area (Å²) in [4.78, 5) is 24.2. The second-order valence-electron chi connectivity index (χ2n) is 6.73. The van der Waals surface area contributed by atoms with Crippen LogP contribution in [0.4, 0.5) is 4.79 Å². The van der Waals surface area contributed by atoms with E-state index in [0.717, 1.165) is 5.56 Å². The molecule has 1 rings (SSSR count). The van der Waals surface area contributed by atoms with E-state index in [1.807, 2.05) is 13.8 Å². The van der Waals surface area contributed by atoms with Gasteiger partial charge in [-0.3, -0.25) is 4.79 Å². The SMILES string of the molecule is CC(C)NC(=O)[C@H](Cc1ccc(O)cc1)NC(=O)OC(C)(C)C. The molecule has 0 aliphatic heterocycles. The fraction of sp³-hybridized carbons (Fsp3) is 0.529. The zero-order valence-corrected chi connectivity index (χ0v) is 14.3. The first-order chi connectivity index (χ1) is 10.6. The Labute approximate surface area is 137 Å². The Balaban J connectivity index is 2.82. The largest absolute Gasteiger partial charge is 0.508 e. The fourth-order valence-electron chi connectivity index (χ4n) is 1.91. The van der Waals surface area contributed by atoms with Crippen LogP contribution in [0.25, 0.3) is 0 Å². The molecule has 1 atom stereocenters. The van der Waals surface area contributed by atoms with Gasteiger partial charge in [0.05, 0.1) is 0 Å². The lowest BCUT2D eigenvalue weighted by Gasteiger charge is -2.24. The molecule has 0 spiro atoms. The van der Waals surface area contributed by atoms with Crippen LogP contribution >= 0.6 is 0 Å². The Hall–Kier alpha value is -2.24. The molecule has 1 aromatic rings. The molecule has 0 aliphatic carbocycles. The molecule has 0 bridgehead atoms. The maximum absolute atomic E-state index is 12.3. The number of hydrogen-bond acceptors (Lipinski definition) is 4. The van der Waals surface area contributed by atoms with Crippen LogP contribution in [0.5, 0.6) is 5.75 Å². The van der Waals surface area contributed by atoms with Gasteiger partial charge in [-0.1, -0.05) is 12.1 Å². The van der Waals surface area contributed by atoms with Crippen molar-refractivity contribution in [3.63, 3.8) is 0 Å². The van der Waals surface area contributed by atoms with Crippen molar-refractivity contribution in [3.05, 3.63) is 29.8 Å². The van der Waals surface area contributed by atoms with E-state index in [9.17, 15) is 14.7 Å². The van der Waals surface area contributed by atoms with Crippen LogP contribution < -0.4 is 10.6 Å². The summed E-state index contributed by atoms with van der Waals surface area (Å²) in [6.45, 7) is 8.98. The lowest BCUT2D eigenvalue weighted by molar-refractivity contribution is -0.123. The molecule has 2 amide bonds. The molecule has 6 nitrogen and oxygen atoms in total. The van der Waals surface area contributed by atoms with E-state index < -0.39 is 17.7 Å². The number of phenols is 1. The Kier molecular flexibility index (Phi) is 6.42. The van der Waals surface area contributed by atoms with Crippen molar-refractivity contribution < 1.29 is 19.4 Å². The van der Waals surface area contributed by atoms with Gasteiger partial charge in [0.1, 0.15) is 17.4 Å². The van der Waals surface area contributed by atoms with E-state index in [-0.39, 0.29) is 17.7 Å². The Morgan fingerprint density at radius 2 is 1.70 bits per heavy atom. The van der Waals surface area contributed by atoms with Crippen LogP contribution in [0.15, 0.2) is 24.3 Å².